The van der Waals surface area contributed by atoms with Gasteiger partial charge in [-0.25, -0.2) is 4.79 Å². The predicted octanol–water partition coefficient (Wildman–Crippen LogP) is 4.55. The fourth-order valence-electron chi connectivity index (χ4n) is 3.61. The van der Waals surface area contributed by atoms with E-state index in [4.69, 9.17) is 0 Å². The van der Waals surface area contributed by atoms with Crippen molar-refractivity contribution in [1.29, 1.82) is 0 Å². The molecule has 2 aromatic carbocycles. The Morgan fingerprint density at radius 3 is 2.75 bits per heavy atom. The molecule has 28 heavy (non-hydrogen) atoms. The smallest absolute Gasteiger partial charge is 0.313 e. The fourth-order valence-corrected chi connectivity index (χ4v) is 3.61. The predicted molar refractivity (Wildman–Crippen MR) is 110 cm³/mol. The van der Waals surface area contributed by atoms with Crippen LogP contribution in [0.5, 0.6) is 0 Å². The van der Waals surface area contributed by atoms with E-state index in [-0.39, 0.29) is 6.03 Å². The molecule has 1 aromatic heterocycles. The van der Waals surface area contributed by atoms with Crippen molar-refractivity contribution in [3.05, 3.63) is 71.8 Å². The number of rotatable bonds is 4. The molecule has 4 rings (SSSR count). The molecule has 2 heterocycles. The second-order valence-corrected chi connectivity index (χ2v) is 7.22. The number of hydrogen-bond acceptors (Lipinski definition) is 3. The molecule has 1 aliphatic heterocycles. The van der Waals surface area contributed by atoms with E-state index in [9.17, 15) is 4.79 Å². The fraction of sp³-hybridized carbons (Fsp3) is 0.318. The summed E-state index contributed by atoms with van der Waals surface area (Å²) in [6.45, 7) is 3.31. The van der Waals surface area contributed by atoms with Crippen LogP contribution in [0.25, 0.3) is 0 Å². The normalized spacial score (nSPS) is 13.5. The molecule has 0 atom stereocenters. The highest BCUT2D eigenvalue weighted by Gasteiger charge is 2.22. The molecule has 0 fully saturated rings. The summed E-state index contributed by atoms with van der Waals surface area (Å²) in [5, 5.41) is 11.8. The lowest BCUT2D eigenvalue weighted by atomic mass is 10.2. The summed E-state index contributed by atoms with van der Waals surface area (Å²) >= 11 is 0. The molecule has 0 bridgehead atoms. The van der Waals surface area contributed by atoms with Crippen LogP contribution in [0, 0.1) is 6.92 Å². The molecule has 3 aromatic rings. The first-order chi connectivity index (χ1) is 13.7. The Labute approximate surface area is 165 Å². The first-order valence-electron chi connectivity index (χ1n) is 9.82. The Morgan fingerprint density at radius 1 is 1.07 bits per heavy atom. The Balaban J connectivity index is 1.61. The van der Waals surface area contributed by atoms with Gasteiger partial charge in [-0.1, -0.05) is 36.8 Å². The molecule has 0 saturated carbocycles. The number of nitrogens with zero attached hydrogens (tertiary/aromatic N) is 4. The number of aryl methyl sites for hydroxylation is 2. The van der Waals surface area contributed by atoms with Gasteiger partial charge < -0.3 is 9.88 Å². The number of urea groups is 1. The molecule has 1 aliphatic rings. The van der Waals surface area contributed by atoms with Crippen molar-refractivity contribution in [3.63, 3.8) is 0 Å². The highest BCUT2D eigenvalue weighted by Crippen LogP contribution is 2.21. The molecule has 6 nitrogen and oxygen atoms in total. The van der Waals surface area contributed by atoms with Gasteiger partial charge in [-0.3, -0.25) is 4.90 Å². The zero-order valence-corrected chi connectivity index (χ0v) is 16.1. The number of anilines is 2. The van der Waals surface area contributed by atoms with Crippen molar-refractivity contribution in [1.82, 2.24) is 14.8 Å². The van der Waals surface area contributed by atoms with Crippen LogP contribution in [0.2, 0.25) is 0 Å². The lowest BCUT2D eigenvalue weighted by molar-refractivity contribution is 0.256. The molecular weight excluding hydrogens is 350 g/mol. The molecule has 6 heteroatoms. The Kier molecular flexibility index (Phi) is 5.37. The Morgan fingerprint density at radius 2 is 1.93 bits per heavy atom. The average Bonchev–Trinajstić information content (AvgIpc) is 2.92. The van der Waals surface area contributed by atoms with Crippen molar-refractivity contribution < 1.29 is 4.79 Å². The van der Waals surface area contributed by atoms with Crippen LogP contribution in [0.4, 0.5) is 16.2 Å². The molecule has 0 saturated heterocycles. The van der Waals surface area contributed by atoms with Crippen molar-refractivity contribution >= 4 is 17.4 Å². The van der Waals surface area contributed by atoms with Crippen molar-refractivity contribution in [2.75, 3.05) is 10.2 Å². The number of carbonyl (C=O) groups is 1. The van der Waals surface area contributed by atoms with Crippen molar-refractivity contribution in [2.45, 2.75) is 45.7 Å². The van der Waals surface area contributed by atoms with Crippen LogP contribution in [0.1, 0.15) is 36.5 Å². The molecule has 0 radical (unpaired) electrons. The topological polar surface area (TPSA) is 63.1 Å². The van der Waals surface area contributed by atoms with Crippen LogP contribution >= 0.6 is 0 Å². The molecule has 0 unspecified atom stereocenters. The number of amides is 2. The lowest BCUT2D eigenvalue weighted by Gasteiger charge is -2.23. The first kappa shape index (κ1) is 18.2. The maximum Gasteiger partial charge on any atom is 0.326 e. The van der Waals surface area contributed by atoms with E-state index in [1.165, 1.54) is 6.42 Å². The maximum atomic E-state index is 13.1. The van der Waals surface area contributed by atoms with E-state index in [0.717, 1.165) is 54.4 Å². The number of nitrogens with one attached hydrogen (secondary N) is 1. The zero-order valence-electron chi connectivity index (χ0n) is 16.1. The van der Waals surface area contributed by atoms with Gasteiger partial charge in [-0.15, -0.1) is 10.2 Å². The molecule has 0 aliphatic carbocycles. The Hall–Kier alpha value is -3.15. The highest BCUT2D eigenvalue weighted by molar-refractivity contribution is 6.01. The minimum atomic E-state index is -0.178. The summed E-state index contributed by atoms with van der Waals surface area (Å²) in [5.74, 6) is 1.86. The van der Waals surface area contributed by atoms with Crippen LogP contribution in [0.15, 0.2) is 54.6 Å². The molecule has 144 valence electrons. The first-order valence-corrected chi connectivity index (χ1v) is 9.82. The standard InChI is InChI=1S/C22H25N5O/c1-17-9-8-10-18(15-17)23-22(28)27(19-11-4-2-5-12-19)16-21-25-24-20-13-6-3-7-14-26(20)21/h2,4-5,8-12,15H,3,6-7,13-14,16H2,1H3,(H,23,28). The number of hydrogen-bond donors (Lipinski definition) is 1. The van der Waals surface area contributed by atoms with Gasteiger partial charge in [0.05, 0.1) is 6.54 Å². The van der Waals surface area contributed by atoms with E-state index >= 15 is 0 Å². The van der Waals surface area contributed by atoms with Gasteiger partial charge in [-0.2, -0.15) is 0 Å². The second kappa shape index (κ2) is 8.25. The lowest BCUT2D eigenvalue weighted by Crippen LogP contribution is -2.35. The van der Waals surface area contributed by atoms with Crippen LogP contribution in [-0.2, 0) is 19.5 Å². The van der Waals surface area contributed by atoms with Gasteiger partial charge in [0.15, 0.2) is 5.82 Å². The third kappa shape index (κ3) is 4.06. The van der Waals surface area contributed by atoms with E-state index < -0.39 is 0 Å². The Bertz CT molecular complexity index is 951. The summed E-state index contributed by atoms with van der Waals surface area (Å²) in [7, 11) is 0. The van der Waals surface area contributed by atoms with Gasteiger partial charge in [0.25, 0.3) is 0 Å². The number of benzene rings is 2. The van der Waals surface area contributed by atoms with Gasteiger partial charge in [0, 0.05) is 24.3 Å². The van der Waals surface area contributed by atoms with E-state index in [1.54, 1.807) is 4.90 Å². The molecular formula is C22H25N5O. The molecule has 0 spiro atoms. The van der Waals surface area contributed by atoms with E-state index in [2.05, 4.69) is 20.1 Å². The monoisotopic (exact) mass is 375 g/mol. The number of carbonyl (C=O) groups excluding carboxylic acids is 1. The summed E-state index contributed by atoms with van der Waals surface area (Å²) < 4.78 is 2.18. The van der Waals surface area contributed by atoms with E-state index in [1.807, 2.05) is 61.5 Å². The van der Waals surface area contributed by atoms with Crippen LogP contribution < -0.4 is 10.2 Å². The minimum Gasteiger partial charge on any atom is -0.313 e. The van der Waals surface area contributed by atoms with Crippen LogP contribution in [-0.4, -0.2) is 20.8 Å². The van der Waals surface area contributed by atoms with Gasteiger partial charge in [-0.05, 0) is 49.6 Å². The van der Waals surface area contributed by atoms with Gasteiger partial charge >= 0.3 is 6.03 Å². The highest BCUT2D eigenvalue weighted by atomic mass is 16.2. The van der Waals surface area contributed by atoms with Crippen LogP contribution in [0.3, 0.4) is 0 Å². The zero-order chi connectivity index (χ0) is 19.3. The third-order valence-electron chi connectivity index (χ3n) is 5.07. The summed E-state index contributed by atoms with van der Waals surface area (Å²) in [6, 6.07) is 17.3. The summed E-state index contributed by atoms with van der Waals surface area (Å²) in [5.41, 5.74) is 2.72. The number of para-hydroxylation sites is 1. The number of fused-ring (bicyclic) bond motifs is 1. The number of aromatic nitrogens is 3. The SMILES string of the molecule is Cc1cccc(NC(=O)N(Cc2nnc3n2CCCCC3)c2ccccc2)c1. The van der Waals surface area contributed by atoms with Crippen molar-refractivity contribution in [2.24, 2.45) is 0 Å². The summed E-state index contributed by atoms with van der Waals surface area (Å²) in [4.78, 5) is 14.9. The molecule has 1 N–H and O–H groups in total. The van der Waals surface area contributed by atoms with E-state index in [0.29, 0.717) is 6.54 Å². The quantitative estimate of drug-likeness (QED) is 0.727. The second-order valence-electron chi connectivity index (χ2n) is 7.22. The minimum absolute atomic E-state index is 0.178. The maximum absolute atomic E-state index is 13.1. The largest absolute Gasteiger partial charge is 0.326 e. The average molecular weight is 375 g/mol. The van der Waals surface area contributed by atoms with Crippen molar-refractivity contribution in [3.8, 4) is 0 Å². The van der Waals surface area contributed by atoms with Gasteiger partial charge in [0.1, 0.15) is 5.82 Å². The third-order valence-corrected chi connectivity index (χ3v) is 5.07. The summed E-state index contributed by atoms with van der Waals surface area (Å²) in [6.07, 6.45) is 4.43. The molecule has 2 amide bonds. The van der Waals surface area contributed by atoms with Gasteiger partial charge in [0.2, 0.25) is 0 Å².